The lowest BCUT2D eigenvalue weighted by Crippen LogP contribution is -2.36. The topological polar surface area (TPSA) is 53.8 Å². The molecular weight excluding hydrogens is 414 g/mol. The van der Waals surface area contributed by atoms with E-state index in [2.05, 4.69) is 46.2 Å². The van der Waals surface area contributed by atoms with Gasteiger partial charge in [0, 0.05) is 44.5 Å². The van der Waals surface area contributed by atoms with E-state index in [0.717, 1.165) is 58.8 Å². The Morgan fingerprint density at radius 3 is 2.65 bits per heavy atom. The van der Waals surface area contributed by atoms with Crippen LogP contribution in [0.15, 0.2) is 36.7 Å². The zero-order valence-electron chi connectivity index (χ0n) is 18.0. The Morgan fingerprint density at radius 2 is 1.97 bits per heavy atom. The monoisotopic (exact) mass is 443 g/mol. The molecule has 0 spiro atoms. The van der Waals surface area contributed by atoms with Gasteiger partial charge in [-0.25, -0.2) is 4.79 Å². The van der Waals surface area contributed by atoms with Gasteiger partial charge < -0.3 is 14.5 Å². The second-order valence-corrected chi connectivity index (χ2v) is 9.56. The average molecular weight is 444 g/mol. The van der Waals surface area contributed by atoms with Gasteiger partial charge in [-0.1, -0.05) is 23.7 Å². The van der Waals surface area contributed by atoms with Crippen LogP contribution in [0.2, 0.25) is 5.02 Å². The van der Waals surface area contributed by atoms with Gasteiger partial charge in [-0.3, -0.25) is 4.90 Å². The van der Waals surface area contributed by atoms with E-state index in [9.17, 15) is 4.79 Å². The number of hydrogen-bond donors (Lipinski definition) is 0. The molecule has 1 aromatic carbocycles. The molecule has 5 rings (SSSR count). The van der Waals surface area contributed by atoms with Crippen molar-refractivity contribution in [1.82, 2.24) is 19.6 Å². The fourth-order valence-electron chi connectivity index (χ4n) is 5.42. The fourth-order valence-corrected chi connectivity index (χ4v) is 5.56. The van der Waals surface area contributed by atoms with Crippen molar-refractivity contribution in [2.24, 2.45) is 11.8 Å². The highest BCUT2D eigenvalue weighted by molar-refractivity contribution is 6.30. The Morgan fingerprint density at radius 1 is 1.23 bits per heavy atom. The summed E-state index contributed by atoms with van der Waals surface area (Å²) >= 11 is 5.91. The van der Waals surface area contributed by atoms with Crippen LogP contribution in [-0.2, 0) is 11.3 Å². The SMILES string of the molecule is CN(Cc1cccc(N2CCOCC2)c1)C1C[C@@H]2CN(C(=O)n3cc(Cl)cn3)C[C@@H]2C1. The normalized spacial score (nSPS) is 26.0. The van der Waals surface area contributed by atoms with Crippen LogP contribution >= 0.6 is 11.6 Å². The van der Waals surface area contributed by atoms with E-state index in [1.165, 1.54) is 22.1 Å². The molecular formula is C23H30ClN5O2. The number of fused-ring (bicyclic) bond motifs is 1. The molecule has 0 N–H and O–H groups in total. The van der Waals surface area contributed by atoms with Crippen LogP contribution in [-0.4, -0.2) is 78.1 Å². The second-order valence-electron chi connectivity index (χ2n) is 9.12. The summed E-state index contributed by atoms with van der Waals surface area (Å²) in [4.78, 5) is 19.5. The third-order valence-electron chi connectivity index (χ3n) is 7.09. The molecule has 8 heteroatoms. The van der Waals surface area contributed by atoms with Crippen LogP contribution in [0, 0.1) is 11.8 Å². The molecule has 3 heterocycles. The number of amides is 1. The molecule has 1 amide bonds. The molecule has 7 nitrogen and oxygen atoms in total. The predicted molar refractivity (Wildman–Crippen MR) is 121 cm³/mol. The number of benzene rings is 1. The van der Waals surface area contributed by atoms with Crippen LogP contribution in [0.4, 0.5) is 10.5 Å². The first-order valence-corrected chi connectivity index (χ1v) is 11.6. The zero-order valence-corrected chi connectivity index (χ0v) is 18.7. The molecule has 3 atom stereocenters. The molecule has 31 heavy (non-hydrogen) atoms. The third kappa shape index (κ3) is 4.45. The van der Waals surface area contributed by atoms with Gasteiger partial charge >= 0.3 is 6.03 Å². The molecule has 2 aliphatic heterocycles. The number of carbonyl (C=O) groups excluding carboxylic acids is 1. The highest BCUT2D eigenvalue weighted by atomic mass is 35.5. The van der Waals surface area contributed by atoms with E-state index in [1.807, 2.05) is 4.90 Å². The lowest BCUT2D eigenvalue weighted by Gasteiger charge is -2.30. The average Bonchev–Trinajstić information content (AvgIpc) is 3.49. The van der Waals surface area contributed by atoms with Crippen molar-refractivity contribution in [2.75, 3.05) is 51.3 Å². The van der Waals surface area contributed by atoms with E-state index in [0.29, 0.717) is 22.9 Å². The summed E-state index contributed by atoms with van der Waals surface area (Å²) < 4.78 is 6.84. The molecule has 166 valence electrons. The number of rotatable bonds is 4. The summed E-state index contributed by atoms with van der Waals surface area (Å²) in [6.07, 6.45) is 5.39. The summed E-state index contributed by atoms with van der Waals surface area (Å²) in [5.74, 6) is 1.14. The molecule has 1 unspecified atom stereocenters. The maximum absolute atomic E-state index is 12.7. The lowest BCUT2D eigenvalue weighted by molar-refractivity contribution is 0.122. The van der Waals surface area contributed by atoms with Crippen LogP contribution in [0.25, 0.3) is 0 Å². The number of anilines is 1. The van der Waals surface area contributed by atoms with Gasteiger partial charge in [0.15, 0.2) is 0 Å². The number of likely N-dealkylation sites (tertiary alicyclic amines) is 1. The standard InChI is InChI=1S/C23H30ClN5O2/c1-26(13-17-3-2-4-21(9-17)27-5-7-31-8-6-27)22-10-18-14-28(15-19(18)11-22)23(30)29-16-20(24)12-25-29/h2-4,9,12,16,18-19,22H,5-8,10-11,13-15H2,1H3/t18-,19+,22?. The van der Waals surface area contributed by atoms with Crippen molar-refractivity contribution >= 4 is 23.3 Å². The van der Waals surface area contributed by atoms with Gasteiger partial charge in [-0.2, -0.15) is 9.78 Å². The number of carbonyl (C=O) groups is 1. The van der Waals surface area contributed by atoms with Crippen LogP contribution in [0.5, 0.6) is 0 Å². The first kappa shape index (κ1) is 20.8. The molecule has 1 aromatic heterocycles. The fraction of sp³-hybridized carbons (Fsp3) is 0.565. The Labute approximate surface area is 188 Å². The number of halogens is 1. The summed E-state index contributed by atoms with van der Waals surface area (Å²) in [6.45, 7) is 6.13. The van der Waals surface area contributed by atoms with Gasteiger partial charge in [0.25, 0.3) is 0 Å². The largest absolute Gasteiger partial charge is 0.378 e. The number of morpholine rings is 1. The number of nitrogens with zero attached hydrogens (tertiary/aromatic N) is 5. The maximum Gasteiger partial charge on any atom is 0.344 e. The first-order valence-electron chi connectivity index (χ1n) is 11.2. The van der Waals surface area contributed by atoms with Crippen LogP contribution in [0.3, 0.4) is 0 Å². The number of hydrogen-bond acceptors (Lipinski definition) is 5. The van der Waals surface area contributed by atoms with Crippen molar-refractivity contribution in [2.45, 2.75) is 25.4 Å². The van der Waals surface area contributed by atoms with Crippen molar-refractivity contribution in [3.8, 4) is 0 Å². The Hall–Kier alpha value is -2.09. The minimum atomic E-state index is -0.0638. The van der Waals surface area contributed by atoms with E-state index in [4.69, 9.17) is 16.3 Å². The third-order valence-corrected chi connectivity index (χ3v) is 7.28. The summed E-state index contributed by atoms with van der Waals surface area (Å²) in [5.41, 5.74) is 2.65. The lowest BCUT2D eigenvalue weighted by atomic mass is 10.0. The van der Waals surface area contributed by atoms with Gasteiger partial charge in [-0.05, 0) is 49.4 Å². The molecule has 0 radical (unpaired) electrons. The zero-order chi connectivity index (χ0) is 21.4. The van der Waals surface area contributed by atoms with Gasteiger partial charge in [0.05, 0.1) is 30.6 Å². The van der Waals surface area contributed by atoms with Gasteiger partial charge in [0.2, 0.25) is 0 Å². The number of ether oxygens (including phenoxy) is 1. The summed E-state index contributed by atoms with van der Waals surface area (Å²) in [6, 6.07) is 9.43. The summed E-state index contributed by atoms with van der Waals surface area (Å²) in [5, 5.41) is 4.55. The highest BCUT2D eigenvalue weighted by Crippen LogP contribution is 2.40. The molecule has 0 bridgehead atoms. The molecule has 2 saturated heterocycles. The Bertz CT molecular complexity index is 914. The van der Waals surface area contributed by atoms with E-state index in [-0.39, 0.29) is 6.03 Å². The molecule has 3 aliphatic rings. The van der Waals surface area contributed by atoms with Crippen molar-refractivity contribution in [3.05, 3.63) is 47.2 Å². The molecule has 3 fully saturated rings. The van der Waals surface area contributed by atoms with Gasteiger partial charge in [-0.15, -0.1) is 0 Å². The van der Waals surface area contributed by atoms with Crippen molar-refractivity contribution in [3.63, 3.8) is 0 Å². The van der Waals surface area contributed by atoms with E-state index < -0.39 is 0 Å². The predicted octanol–water partition coefficient (Wildman–Crippen LogP) is 3.18. The van der Waals surface area contributed by atoms with Crippen LogP contribution in [0.1, 0.15) is 18.4 Å². The molecule has 1 saturated carbocycles. The minimum absolute atomic E-state index is 0.0638. The Balaban J connectivity index is 1.16. The minimum Gasteiger partial charge on any atom is -0.378 e. The summed E-state index contributed by atoms with van der Waals surface area (Å²) in [7, 11) is 2.24. The van der Waals surface area contributed by atoms with Crippen LogP contribution < -0.4 is 4.90 Å². The highest BCUT2D eigenvalue weighted by Gasteiger charge is 2.43. The maximum atomic E-state index is 12.7. The van der Waals surface area contributed by atoms with E-state index >= 15 is 0 Å². The van der Waals surface area contributed by atoms with Crippen molar-refractivity contribution in [1.29, 1.82) is 0 Å². The number of aromatic nitrogens is 2. The Kier molecular flexibility index (Phi) is 5.91. The first-order chi connectivity index (χ1) is 15.1. The van der Waals surface area contributed by atoms with Gasteiger partial charge in [0.1, 0.15) is 0 Å². The van der Waals surface area contributed by atoms with E-state index in [1.54, 1.807) is 6.20 Å². The second kappa shape index (κ2) is 8.81. The van der Waals surface area contributed by atoms with Crippen molar-refractivity contribution < 1.29 is 9.53 Å². The quantitative estimate of drug-likeness (QED) is 0.726. The smallest absolute Gasteiger partial charge is 0.344 e. The molecule has 1 aliphatic carbocycles. The molecule has 2 aromatic rings.